The van der Waals surface area contributed by atoms with Gasteiger partial charge in [0.05, 0.1) is 24.6 Å². The minimum atomic E-state index is -4.82. The Morgan fingerprint density at radius 2 is 1.92 bits per heavy atom. The fourth-order valence-electron chi connectivity index (χ4n) is 4.22. The zero-order valence-electron chi connectivity index (χ0n) is 22.5. The van der Waals surface area contributed by atoms with Crippen LogP contribution in [-0.4, -0.2) is 42.5 Å². The highest BCUT2D eigenvalue weighted by molar-refractivity contribution is 6.21. The molecule has 0 fully saturated rings. The van der Waals surface area contributed by atoms with E-state index in [0.717, 1.165) is 17.7 Å². The maximum atomic E-state index is 14.7. The predicted molar refractivity (Wildman–Crippen MR) is 147 cm³/mol. The van der Waals surface area contributed by atoms with Crippen molar-refractivity contribution < 1.29 is 22.3 Å². The first kappa shape index (κ1) is 30.5. The summed E-state index contributed by atoms with van der Waals surface area (Å²) in [7, 11) is 0. The van der Waals surface area contributed by atoms with Crippen molar-refractivity contribution in [3.8, 4) is 0 Å². The summed E-state index contributed by atoms with van der Waals surface area (Å²) in [6.45, 7) is 16.5. The Bertz CT molecular complexity index is 1240. The number of hydrogen-bond donors (Lipinski definition) is 1. The molecular formula is C29H34F4N4O. The number of alkyl halides is 3. The summed E-state index contributed by atoms with van der Waals surface area (Å²) < 4.78 is 64.0. The number of nitrogens with one attached hydrogen (secondary N) is 1. The molecule has 0 atom stereocenters. The van der Waals surface area contributed by atoms with E-state index in [0.29, 0.717) is 39.4 Å². The molecule has 38 heavy (non-hydrogen) atoms. The minimum absolute atomic E-state index is 0.0528. The van der Waals surface area contributed by atoms with Gasteiger partial charge in [-0.25, -0.2) is 9.40 Å². The molecule has 204 valence electrons. The molecule has 0 saturated carbocycles. The number of hydrogen-bond acceptors (Lipinski definition) is 5. The van der Waals surface area contributed by atoms with E-state index < -0.39 is 17.7 Å². The predicted octanol–water partition coefficient (Wildman–Crippen LogP) is 8.06. The van der Waals surface area contributed by atoms with E-state index in [1.165, 1.54) is 18.5 Å². The second-order valence-electron chi connectivity index (χ2n) is 8.46. The molecule has 0 spiro atoms. The first-order valence-corrected chi connectivity index (χ1v) is 12.2. The highest BCUT2D eigenvalue weighted by Gasteiger charge is 2.44. The van der Waals surface area contributed by atoms with Gasteiger partial charge in [0, 0.05) is 30.0 Å². The first-order valence-electron chi connectivity index (χ1n) is 12.2. The fraction of sp³-hybridized carbons (Fsp3) is 0.345. The molecule has 0 saturated heterocycles. The monoisotopic (exact) mass is 530 g/mol. The van der Waals surface area contributed by atoms with Gasteiger partial charge in [-0.15, -0.1) is 0 Å². The maximum Gasteiger partial charge on any atom is 0.433 e. The molecule has 0 bridgehead atoms. The van der Waals surface area contributed by atoms with E-state index in [4.69, 9.17) is 10.1 Å². The molecular weight excluding hydrogens is 496 g/mol. The van der Waals surface area contributed by atoms with Gasteiger partial charge in [-0.3, -0.25) is 4.99 Å². The average Bonchev–Trinajstić information content (AvgIpc) is 3.31. The molecule has 1 N–H and O–H groups in total. The van der Waals surface area contributed by atoms with Crippen LogP contribution < -0.4 is 0 Å². The van der Waals surface area contributed by atoms with E-state index in [9.17, 15) is 17.6 Å². The molecule has 0 radical (unpaired) electrons. The second-order valence-corrected chi connectivity index (χ2v) is 8.46. The third kappa shape index (κ3) is 6.57. The van der Waals surface area contributed by atoms with E-state index >= 15 is 0 Å². The summed E-state index contributed by atoms with van der Waals surface area (Å²) in [6.07, 6.45) is 3.15. The highest BCUT2D eigenvalue weighted by Crippen LogP contribution is 2.43. The molecule has 2 rings (SSSR count). The number of allylic oxidation sites excluding steroid dienone is 10. The standard InChI is InChI=1S/C29H34F4N4O/c1-8-12-22(15-21(30)10-3)37-28(29(31,32)33)23(13-14-36-37)24-17-35-27(26(24)20(7)38-11-4)25(18(5)9-2)19(6)16-34/h9-10,12,14-16,34H,3,7-8,11,13,17H2,1-2,4-6H3/b18-9-,21-15+,22-12+,25-19+,34-16?. The zero-order valence-corrected chi connectivity index (χ0v) is 22.5. The van der Waals surface area contributed by atoms with Crippen LogP contribution in [0.5, 0.6) is 0 Å². The van der Waals surface area contributed by atoms with Gasteiger partial charge >= 0.3 is 6.18 Å². The van der Waals surface area contributed by atoms with Crippen molar-refractivity contribution in [2.45, 2.75) is 53.6 Å². The third-order valence-electron chi connectivity index (χ3n) is 5.97. The van der Waals surface area contributed by atoms with Crippen molar-refractivity contribution in [1.29, 1.82) is 5.41 Å². The number of aliphatic imine (C=N–C) groups is 1. The van der Waals surface area contributed by atoms with Gasteiger partial charge < -0.3 is 10.1 Å². The Labute approximate surface area is 221 Å². The Morgan fingerprint density at radius 3 is 2.45 bits per heavy atom. The number of ether oxygens (including phenoxy) is 1. The van der Waals surface area contributed by atoms with E-state index in [2.05, 4.69) is 23.3 Å². The van der Waals surface area contributed by atoms with Crippen LogP contribution in [0.3, 0.4) is 0 Å². The molecule has 9 heteroatoms. The number of halogens is 4. The summed E-state index contributed by atoms with van der Waals surface area (Å²) in [4.78, 5) is 4.64. The van der Waals surface area contributed by atoms with Crippen LogP contribution in [0.25, 0.3) is 0 Å². The largest absolute Gasteiger partial charge is 0.494 e. The van der Waals surface area contributed by atoms with E-state index in [1.807, 2.05) is 19.9 Å². The van der Waals surface area contributed by atoms with Gasteiger partial charge in [0.25, 0.3) is 0 Å². The summed E-state index contributed by atoms with van der Waals surface area (Å²) in [6, 6.07) is 0. The van der Waals surface area contributed by atoms with Crippen LogP contribution in [0.1, 0.15) is 47.5 Å². The molecule has 0 aromatic heterocycles. The van der Waals surface area contributed by atoms with Crippen molar-refractivity contribution in [1.82, 2.24) is 5.01 Å². The Balaban J connectivity index is 2.95. The van der Waals surface area contributed by atoms with Crippen molar-refractivity contribution >= 4 is 18.1 Å². The van der Waals surface area contributed by atoms with Crippen molar-refractivity contribution in [3.63, 3.8) is 0 Å². The van der Waals surface area contributed by atoms with Crippen molar-refractivity contribution in [3.05, 3.63) is 93.9 Å². The lowest BCUT2D eigenvalue weighted by Crippen LogP contribution is -2.32. The highest BCUT2D eigenvalue weighted by atomic mass is 19.4. The zero-order chi connectivity index (χ0) is 28.6. The lowest BCUT2D eigenvalue weighted by atomic mass is 9.87. The average molecular weight is 531 g/mol. The van der Waals surface area contributed by atoms with E-state index in [1.54, 1.807) is 20.8 Å². The summed E-state index contributed by atoms with van der Waals surface area (Å²) >= 11 is 0. The number of hydrazone groups is 1. The van der Waals surface area contributed by atoms with E-state index in [-0.39, 0.29) is 36.6 Å². The molecule has 2 heterocycles. The minimum Gasteiger partial charge on any atom is -0.494 e. The summed E-state index contributed by atoms with van der Waals surface area (Å²) in [5, 5.41) is 12.5. The fourth-order valence-corrected chi connectivity index (χ4v) is 4.22. The smallest absolute Gasteiger partial charge is 0.433 e. The number of rotatable bonds is 11. The lowest BCUT2D eigenvalue weighted by Gasteiger charge is -2.31. The Morgan fingerprint density at radius 1 is 1.24 bits per heavy atom. The van der Waals surface area contributed by atoms with Gasteiger partial charge in [0.15, 0.2) is 5.70 Å². The normalized spacial score (nSPS) is 18.1. The van der Waals surface area contributed by atoms with Crippen LogP contribution >= 0.6 is 0 Å². The van der Waals surface area contributed by atoms with Gasteiger partial charge in [-0.2, -0.15) is 18.3 Å². The summed E-state index contributed by atoms with van der Waals surface area (Å²) in [5.74, 6) is -0.605. The molecule has 0 aromatic rings. The van der Waals surface area contributed by atoms with Crippen LogP contribution in [0.4, 0.5) is 17.6 Å². The van der Waals surface area contributed by atoms with Crippen LogP contribution in [0.2, 0.25) is 0 Å². The SMILES string of the molecule is C=C/C(F)=C\C(=C/CC)N1N=CCC(C2=C(C(=C)OCC)C(C(/C(C)=C\C)=C(\C)C=N)=NC2)=C1C(F)(F)F. The van der Waals surface area contributed by atoms with Crippen molar-refractivity contribution in [2.24, 2.45) is 10.1 Å². The molecule has 2 aliphatic heterocycles. The van der Waals surface area contributed by atoms with Gasteiger partial charge in [-0.1, -0.05) is 32.2 Å². The van der Waals surface area contributed by atoms with Gasteiger partial charge in [0.1, 0.15) is 11.6 Å². The lowest BCUT2D eigenvalue weighted by molar-refractivity contribution is -0.109. The quantitative estimate of drug-likeness (QED) is 0.127. The second kappa shape index (κ2) is 13.2. The molecule has 0 aromatic carbocycles. The van der Waals surface area contributed by atoms with Crippen LogP contribution in [0, 0.1) is 5.41 Å². The molecule has 2 aliphatic rings. The first-order chi connectivity index (χ1) is 18.0. The third-order valence-corrected chi connectivity index (χ3v) is 5.97. The van der Waals surface area contributed by atoms with Crippen LogP contribution in [-0.2, 0) is 4.74 Å². The molecule has 5 nitrogen and oxygen atoms in total. The van der Waals surface area contributed by atoms with Crippen molar-refractivity contribution in [2.75, 3.05) is 13.2 Å². The topological polar surface area (TPSA) is 61.0 Å². The van der Waals surface area contributed by atoms with Gasteiger partial charge in [0.2, 0.25) is 0 Å². The molecule has 0 amide bonds. The maximum absolute atomic E-state index is 14.7. The Kier molecular flexibility index (Phi) is 10.6. The van der Waals surface area contributed by atoms with Crippen LogP contribution in [0.15, 0.2) is 104 Å². The Hall–Kier alpha value is -3.75. The number of nitrogens with zero attached hydrogens (tertiary/aromatic N) is 3. The molecule has 0 unspecified atom stereocenters. The summed E-state index contributed by atoms with van der Waals surface area (Å²) in [5.41, 5.74) is 1.95. The van der Waals surface area contributed by atoms with Gasteiger partial charge in [-0.05, 0) is 68.6 Å². The molecule has 0 aliphatic carbocycles.